The van der Waals surface area contributed by atoms with Crippen molar-refractivity contribution in [2.24, 2.45) is 0 Å². The Balaban J connectivity index is 1.50. The lowest BCUT2D eigenvalue weighted by Gasteiger charge is -2.32. The Bertz CT molecular complexity index is 1040. The number of phenolic OH excluding ortho intramolecular Hbond substituents is 1. The fourth-order valence-corrected chi connectivity index (χ4v) is 4.47. The number of aromatic hydroxyl groups is 1. The molecule has 0 radical (unpaired) electrons. The lowest BCUT2D eigenvalue weighted by Crippen LogP contribution is -2.44. The Morgan fingerprint density at radius 3 is 3.03 bits per heavy atom. The number of carbonyl (C=O) groups is 1. The van der Waals surface area contributed by atoms with Crippen molar-refractivity contribution in [1.82, 2.24) is 20.1 Å². The van der Waals surface area contributed by atoms with E-state index < -0.39 is 0 Å². The van der Waals surface area contributed by atoms with Gasteiger partial charge in [0.15, 0.2) is 0 Å². The number of benzene rings is 1. The Kier molecular flexibility index (Phi) is 5.59. The number of hydrogen-bond donors (Lipinski definition) is 2. The van der Waals surface area contributed by atoms with Crippen LogP contribution in [-0.2, 0) is 9.53 Å². The van der Waals surface area contributed by atoms with Crippen LogP contribution in [0.5, 0.6) is 5.75 Å². The number of nitrogens with zero attached hydrogens (tertiary/aromatic N) is 4. The number of hydrogen-bond acceptors (Lipinski definition) is 9. The number of anilines is 1. The molecule has 2 aromatic heterocycles. The SMILES string of the molecule is COC(=O)CN1CCC[C@@H](Nc2nnc(-c3ccc4sccc4c3O)c(C)n2)C1. The summed E-state index contributed by atoms with van der Waals surface area (Å²) in [6.07, 6.45) is 1.95. The number of ether oxygens (including phenoxy) is 1. The first kappa shape index (κ1) is 19.5. The molecular weight excluding hydrogens is 390 g/mol. The molecule has 0 amide bonds. The maximum Gasteiger partial charge on any atom is 0.319 e. The summed E-state index contributed by atoms with van der Waals surface area (Å²) in [6.45, 7) is 3.73. The van der Waals surface area contributed by atoms with E-state index in [1.807, 2.05) is 30.5 Å². The second kappa shape index (κ2) is 8.30. The fourth-order valence-electron chi connectivity index (χ4n) is 3.68. The van der Waals surface area contributed by atoms with Crippen LogP contribution in [0.1, 0.15) is 18.5 Å². The molecule has 152 valence electrons. The summed E-state index contributed by atoms with van der Waals surface area (Å²) in [5.41, 5.74) is 1.88. The molecule has 0 bridgehead atoms. The predicted molar refractivity (Wildman–Crippen MR) is 112 cm³/mol. The van der Waals surface area contributed by atoms with Gasteiger partial charge in [-0.1, -0.05) is 0 Å². The van der Waals surface area contributed by atoms with E-state index in [-0.39, 0.29) is 24.3 Å². The lowest BCUT2D eigenvalue weighted by molar-refractivity contribution is -0.142. The minimum absolute atomic E-state index is 0.135. The van der Waals surface area contributed by atoms with Crippen LogP contribution in [0.4, 0.5) is 5.95 Å². The molecule has 29 heavy (non-hydrogen) atoms. The van der Waals surface area contributed by atoms with Crippen molar-refractivity contribution in [3.63, 3.8) is 0 Å². The number of aryl methyl sites for hydroxylation is 1. The van der Waals surface area contributed by atoms with Gasteiger partial charge in [0, 0.05) is 28.2 Å². The summed E-state index contributed by atoms with van der Waals surface area (Å²) in [7, 11) is 1.40. The second-order valence-corrected chi connectivity index (χ2v) is 8.11. The van der Waals surface area contributed by atoms with Crippen LogP contribution in [0.15, 0.2) is 23.6 Å². The second-order valence-electron chi connectivity index (χ2n) is 7.16. The number of esters is 1. The van der Waals surface area contributed by atoms with Crippen molar-refractivity contribution in [2.45, 2.75) is 25.8 Å². The van der Waals surface area contributed by atoms with E-state index in [1.165, 1.54) is 7.11 Å². The average Bonchev–Trinajstić information content (AvgIpc) is 3.19. The van der Waals surface area contributed by atoms with Crippen molar-refractivity contribution in [3.05, 3.63) is 29.3 Å². The molecule has 3 heterocycles. The van der Waals surface area contributed by atoms with Gasteiger partial charge in [-0.05, 0) is 49.9 Å². The van der Waals surface area contributed by atoms with E-state index in [0.717, 1.165) is 36.0 Å². The minimum Gasteiger partial charge on any atom is -0.507 e. The van der Waals surface area contributed by atoms with Gasteiger partial charge in [-0.2, -0.15) is 0 Å². The summed E-state index contributed by atoms with van der Waals surface area (Å²) in [5.74, 6) is 0.424. The Morgan fingerprint density at radius 1 is 1.38 bits per heavy atom. The molecule has 2 N–H and O–H groups in total. The van der Waals surface area contributed by atoms with Crippen LogP contribution >= 0.6 is 11.3 Å². The van der Waals surface area contributed by atoms with Crippen molar-refractivity contribution in [2.75, 3.05) is 32.1 Å². The topological polar surface area (TPSA) is 100 Å². The van der Waals surface area contributed by atoms with Crippen LogP contribution in [0.3, 0.4) is 0 Å². The monoisotopic (exact) mass is 413 g/mol. The molecule has 3 aromatic rings. The number of carbonyl (C=O) groups excluding carboxylic acids is 1. The molecule has 0 unspecified atom stereocenters. The summed E-state index contributed by atoms with van der Waals surface area (Å²) < 4.78 is 5.78. The Labute approximate surface area is 172 Å². The van der Waals surface area contributed by atoms with Crippen molar-refractivity contribution in [1.29, 1.82) is 0 Å². The highest BCUT2D eigenvalue weighted by Gasteiger charge is 2.23. The molecule has 1 aromatic carbocycles. The Morgan fingerprint density at radius 2 is 2.24 bits per heavy atom. The van der Waals surface area contributed by atoms with Crippen LogP contribution in [-0.4, -0.2) is 63.9 Å². The van der Waals surface area contributed by atoms with E-state index in [0.29, 0.717) is 22.9 Å². The molecule has 0 saturated carbocycles. The number of rotatable bonds is 5. The summed E-state index contributed by atoms with van der Waals surface area (Å²) >= 11 is 1.58. The van der Waals surface area contributed by atoms with E-state index >= 15 is 0 Å². The molecule has 1 aliphatic heterocycles. The predicted octanol–water partition coefficient (Wildman–Crippen LogP) is 2.82. The quantitative estimate of drug-likeness (QED) is 0.616. The van der Waals surface area contributed by atoms with E-state index in [2.05, 4.69) is 25.4 Å². The van der Waals surface area contributed by atoms with Crippen molar-refractivity contribution >= 4 is 33.3 Å². The van der Waals surface area contributed by atoms with E-state index in [1.54, 1.807) is 11.3 Å². The molecule has 0 spiro atoms. The first-order valence-electron chi connectivity index (χ1n) is 9.51. The lowest BCUT2D eigenvalue weighted by atomic mass is 10.1. The van der Waals surface area contributed by atoms with Gasteiger partial charge in [0.05, 0.1) is 19.3 Å². The van der Waals surface area contributed by atoms with E-state index in [9.17, 15) is 9.90 Å². The molecule has 1 saturated heterocycles. The standard InChI is InChI=1S/C20H23N5O3S/c1-12-18(15-5-6-16-14(19(15)27)7-9-29-16)23-24-20(21-12)22-13-4-3-8-25(10-13)11-17(26)28-2/h5-7,9,13,27H,3-4,8,10-11H2,1-2H3,(H,21,22,24)/t13-/m1/s1. The van der Waals surface area contributed by atoms with Gasteiger partial charge in [-0.25, -0.2) is 4.98 Å². The first-order valence-corrected chi connectivity index (χ1v) is 10.4. The summed E-state index contributed by atoms with van der Waals surface area (Å²) in [4.78, 5) is 18.1. The van der Waals surface area contributed by atoms with Gasteiger partial charge in [-0.15, -0.1) is 21.5 Å². The molecule has 0 aliphatic carbocycles. The largest absolute Gasteiger partial charge is 0.507 e. The van der Waals surface area contributed by atoms with Crippen LogP contribution in [0.2, 0.25) is 0 Å². The number of phenols is 1. The number of piperidine rings is 1. The molecule has 1 atom stereocenters. The number of aromatic nitrogens is 3. The number of likely N-dealkylation sites (tertiary alicyclic amines) is 1. The Hall–Kier alpha value is -2.78. The molecular formula is C20H23N5O3S. The van der Waals surface area contributed by atoms with Gasteiger partial charge < -0.3 is 15.2 Å². The number of thiophene rings is 1. The van der Waals surface area contributed by atoms with E-state index in [4.69, 9.17) is 4.74 Å². The summed E-state index contributed by atoms with van der Waals surface area (Å²) in [5, 5.41) is 25.3. The zero-order valence-electron chi connectivity index (χ0n) is 16.4. The fraction of sp³-hybridized carbons (Fsp3) is 0.400. The van der Waals surface area contributed by atoms with Crippen LogP contribution in [0.25, 0.3) is 21.3 Å². The van der Waals surface area contributed by atoms with Gasteiger partial charge >= 0.3 is 5.97 Å². The highest BCUT2D eigenvalue weighted by atomic mass is 32.1. The van der Waals surface area contributed by atoms with Crippen molar-refractivity contribution in [3.8, 4) is 17.0 Å². The van der Waals surface area contributed by atoms with Crippen LogP contribution < -0.4 is 5.32 Å². The number of methoxy groups -OCH3 is 1. The molecule has 8 nitrogen and oxygen atoms in total. The van der Waals surface area contributed by atoms with Gasteiger partial charge in [0.25, 0.3) is 0 Å². The highest BCUT2D eigenvalue weighted by Crippen LogP contribution is 2.37. The maximum atomic E-state index is 11.5. The van der Waals surface area contributed by atoms with Gasteiger partial charge in [-0.3, -0.25) is 9.69 Å². The summed E-state index contributed by atoms with van der Waals surface area (Å²) in [6, 6.07) is 5.86. The molecule has 9 heteroatoms. The molecule has 1 fully saturated rings. The highest BCUT2D eigenvalue weighted by molar-refractivity contribution is 7.17. The number of fused-ring (bicyclic) bond motifs is 1. The minimum atomic E-state index is -0.230. The molecule has 1 aliphatic rings. The third-order valence-corrected chi connectivity index (χ3v) is 6.02. The third kappa shape index (κ3) is 4.15. The number of nitrogens with one attached hydrogen (secondary N) is 1. The first-order chi connectivity index (χ1) is 14.0. The zero-order valence-corrected chi connectivity index (χ0v) is 17.2. The zero-order chi connectivity index (χ0) is 20.4. The average molecular weight is 414 g/mol. The normalized spacial score (nSPS) is 17.4. The molecule has 4 rings (SSSR count). The van der Waals surface area contributed by atoms with Gasteiger partial charge in [0.2, 0.25) is 5.95 Å². The smallest absolute Gasteiger partial charge is 0.319 e. The van der Waals surface area contributed by atoms with Crippen LogP contribution in [0, 0.1) is 6.92 Å². The van der Waals surface area contributed by atoms with Gasteiger partial charge in [0.1, 0.15) is 11.4 Å². The third-order valence-electron chi connectivity index (χ3n) is 5.14. The van der Waals surface area contributed by atoms with Crippen molar-refractivity contribution < 1.29 is 14.6 Å². The maximum absolute atomic E-state index is 11.5.